The number of hydrogen-bond donors (Lipinski definition) is 2. The van der Waals surface area contributed by atoms with E-state index in [4.69, 9.17) is 11.6 Å². The van der Waals surface area contributed by atoms with Crippen LogP contribution < -0.4 is 10.6 Å². The number of carbonyl (C=O) groups excluding carboxylic acids is 1. The van der Waals surface area contributed by atoms with Crippen molar-refractivity contribution >= 4 is 23.2 Å². The zero-order valence-electron chi connectivity index (χ0n) is 10.6. The van der Waals surface area contributed by atoms with E-state index in [0.717, 1.165) is 28.4 Å². The van der Waals surface area contributed by atoms with Gasteiger partial charge in [0.2, 0.25) is 5.91 Å². The molecule has 0 saturated carbocycles. The Kier molecular flexibility index (Phi) is 3.92. The van der Waals surface area contributed by atoms with Gasteiger partial charge >= 0.3 is 0 Å². The summed E-state index contributed by atoms with van der Waals surface area (Å²) in [5, 5.41) is 6.67. The van der Waals surface area contributed by atoms with E-state index >= 15 is 0 Å². The summed E-state index contributed by atoms with van der Waals surface area (Å²) in [6, 6.07) is 5.94. The van der Waals surface area contributed by atoms with Crippen LogP contribution in [0.4, 0.5) is 5.69 Å². The van der Waals surface area contributed by atoms with Gasteiger partial charge < -0.3 is 10.6 Å². The number of hydrogen-bond acceptors (Lipinski definition) is 2. The van der Waals surface area contributed by atoms with Gasteiger partial charge in [-0.05, 0) is 30.0 Å². The summed E-state index contributed by atoms with van der Waals surface area (Å²) < 4.78 is 0. The molecule has 0 aliphatic carbocycles. The molecule has 4 heteroatoms. The first-order valence-electron chi connectivity index (χ1n) is 6.08. The zero-order valence-corrected chi connectivity index (χ0v) is 11.3. The minimum atomic E-state index is -0.0555. The first-order chi connectivity index (χ1) is 8.54. The van der Waals surface area contributed by atoms with Crippen LogP contribution in [0, 0.1) is 5.92 Å². The third kappa shape index (κ3) is 3.26. The second kappa shape index (κ2) is 5.44. The molecule has 0 atom stereocenters. The molecule has 96 valence electrons. The van der Waals surface area contributed by atoms with Crippen molar-refractivity contribution in [3.8, 4) is 0 Å². The van der Waals surface area contributed by atoms with Gasteiger partial charge in [0, 0.05) is 22.5 Å². The molecular weight excluding hydrogens is 248 g/mol. The molecule has 0 bridgehead atoms. The zero-order chi connectivity index (χ0) is 13.1. The fourth-order valence-electron chi connectivity index (χ4n) is 1.94. The van der Waals surface area contributed by atoms with Gasteiger partial charge in [0.15, 0.2) is 0 Å². The molecule has 0 aromatic heterocycles. The Labute approximate surface area is 112 Å². The third-order valence-corrected chi connectivity index (χ3v) is 3.10. The molecule has 18 heavy (non-hydrogen) atoms. The number of nitrogens with one attached hydrogen (secondary N) is 2. The summed E-state index contributed by atoms with van der Waals surface area (Å²) in [4.78, 5) is 11.0. The maximum atomic E-state index is 11.0. The van der Waals surface area contributed by atoms with Gasteiger partial charge in [0.05, 0.1) is 6.54 Å². The van der Waals surface area contributed by atoms with Crippen LogP contribution in [-0.4, -0.2) is 12.5 Å². The fourth-order valence-corrected chi connectivity index (χ4v) is 2.20. The van der Waals surface area contributed by atoms with Crippen molar-refractivity contribution in [1.29, 1.82) is 0 Å². The summed E-state index contributed by atoms with van der Waals surface area (Å²) in [5.74, 6) is 0.528. The van der Waals surface area contributed by atoms with E-state index in [1.54, 1.807) is 6.08 Å². The Balaban J connectivity index is 2.09. The van der Waals surface area contributed by atoms with E-state index in [0.29, 0.717) is 12.5 Å². The molecular formula is C14H17ClN2O. The van der Waals surface area contributed by atoms with Gasteiger partial charge in [0.1, 0.15) is 0 Å². The molecule has 0 radical (unpaired) electrons. The largest absolute Gasteiger partial charge is 0.357 e. The highest BCUT2D eigenvalue weighted by atomic mass is 35.5. The number of rotatable bonds is 4. The number of carbonyl (C=O) groups is 1. The van der Waals surface area contributed by atoms with Gasteiger partial charge in [-0.1, -0.05) is 31.5 Å². The van der Waals surface area contributed by atoms with Gasteiger partial charge in [-0.3, -0.25) is 4.79 Å². The Bertz CT molecular complexity index is 495. The normalized spacial score (nSPS) is 14.7. The lowest BCUT2D eigenvalue weighted by Crippen LogP contribution is -2.16. The van der Waals surface area contributed by atoms with Gasteiger partial charge in [0.25, 0.3) is 0 Å². The maximum Gasteiger partial charge on any atom is 0.246 e. The fraction of sp³-hybridized carbons (Fsp3) is 0.357. The molecule has 0 unspecified atom stereocenters. The predicted octanol–water partition coefficient (Wildman–Crippen LogP) is 2.96. The molecule has 0 spiro atoms. The highest BCUT2D eigenvalue weighted by Crippen LogP contribution is 2.24. The van der Waals surface area contributed by atoms with Crippen LogP contribution in [0.3, 0.4) is 0 Å². The van der Waals surface area contributed by atoms with Crippen molar-refractivity contribution in [1.82, 2.24) is 5.32 Å². The van der Waals surface area contributed by atoms with Crippen LogP contribution >= 0.6 is 11.6 Å². The van der Waals surface area contributed by atoms with Crippen molar-refractivity contribution in [2.75, 3.05) is 11.9 Å². The quantitative estimate of drug-likeness (QED) is 0.878. The number of halogens is 1. The second-order valence-corrected chi connectivity index (χ2v) is 5.32. The van der Waals surface area contributed by atoms with Crippen molar-refractivity contribution < 1.29 is 4.79 Å². The lowest BCUT2D eigenvalue weighted by atomic mass is 10.0. The second-order valence-electron chi connectivity index (χ2n) is 4.92. The minimum Gasteiger partial charge on any atom is -0.357 e. The van der Waals surface area contributed by atoms with Crippen molar-refractivity contribution in [3.63, 3.8) is 0 Å². The first kappa shape index (κ1) is 13.0. The van der Waals surface area contributed by atoms with E-state index in [9.17, 15) is 4.79 Å². The molecule has 1 aliphatic heterocycles. The molecule has 0 saturated heterocycles. The smallest absolute Gasteiger partial charge is 0.246 e. The van der Waals surface area contributed by atoms with Crippen LogP contribution in [0.1, 0.15) is 19.4 Å². The van der Waals surface area contributed by atoms with Crippen molar-refractivity contribution in [3.05, 3.63) is 40.6 Å². The molecule has 3 nitrogen and oxygen atoms in total. The van der Waals surface area contributed by atoms with Gasteiger partial charge in [-0.2, -0.15) is 0 Å². The van der Waals surface area contributed by atoms with Crippen molar-refractivity contribution in [2.45, 2.75) is 20.3 Å². The van der Waals surface area contributed by atoms with Crippen LogP contribution in [-0.2, 0) is 11.2 Å². The maximum absolute atomic E-state index is 11.0. The topological polar surface area (TPSA) is 41.1 Å². The summed E-state index contributed by atoms with van der Waals surface area (Å²) in [7, 11) is 0. The lowest BCUT2D eigenvalue weighted by Gasteiger charge is -2.11. The van der Waals surface area contributed by atoms with Gasteiger partial charge in [-0.15, -0.1) is 0 Å². The molecule has 1 amide bonds. The minimum absolute atomic E-state index is 0.0555. The van der Waals surface area contributed by atoms with Crippen molar-refractivity contribution in [2.24, 2.45) is 5.92 Å². The molecule has 0 fully saturated rings. The highest BCUT2D eigenvalue weighted by Gasteiger charge is 2.11. The molecule has 1 aromatic rings. The average molecular weight is 265 g/mol. The number of amides is 1. The van der Waals surface area contributed by atoms with Crippen LogP contribution in [0.15, 0.2) is 30.0 Å². The summed E-state index contributed by atoms with van der Waals surface area (Å²) in [5.41, 5.74) is 2.94. The SMILES string of the molecule is CC(C)Cc1ccc(NC2=CC(=O)NC2)cc1Cl. The van der Waals surface area contributed by atoms with E-state index in [1.165, 1.54) is 0 Å². The van der Waals surface area contributed by atoms with Crippen LogP contribution in [0.2, 0.25) is 5.02 Å². The summed E-state index contributed by atoms with van der Waals surface area (Å²) >= 11 is 6.25. The lowest BCUT2D eigenvalue weighted by molar-refractivity contribution is -0.115. The Morgan fingerprint density at radius 3 is 2.78 bits per heavy atom. The van der Waals surface area contributed by atoms with E-state index in [-0.39, 0.29) is 5.91 Å². The Morgan fingerprint density at radius 1 is 1.44 bits per heavy atom. The predicted molar refractivity (Wildman–Crippen MR) is 74.7 cm³/mol. The highest BCUT2D eigenvalue weighted by molar-refractivity contribution is 6.31. The van der Waals surface area contributed by atoms with E-state index in [1.807, 2.05) is 18.2 Å². The molecule has 1 aliphatic rings. The van der Waals surface area contributed by atoms with Crippen LogP contribution in [0.5, 0.6) is 0 Å². The first-order valence-corrected chi connectivity index (χ1v) is 6.46. The molecule has 1 aromatic carbocycles. The molecule has 2 N–H and O–H groups in total. The van der Waals surface area contributed by atoms with Crippen LogP contribution in [0.25, 0.3) is 0 Å². The Hall–Kier alpha value is -1.48. The molecule has 2 rings (SSSR count). The Morgan fingerprint density at radius 2 is 2.22 bits per heavy atom. The monoisotopic (exact) mass is 264 g/mol. The summed E-state index contributed by atoms with van der Waals surface area (Å²) in [6.07, 6.45) is 2.54. The van der Waals surface area contributed by atoms with Gasteiger partial charge in [-0.25, -0.2) is 0 Å². The standard InChI is InChI=1S/C14H17ClN2O/c1-9(2)5-10-3-4-11(6-13(10)15)17-12-7-14(18)16-8-12/h3-4,6-7,9,17H,5,8H2,1-2H3,(H,16,18). The number of anilines is 1. The molecule has 1 heterocycles. The van der Waals surface area contributed by atoms with E-state index < -0.39 is 0 Å². The summed E-state index contributed by atoms with van der Waals surface area (Å²) in [6.45, 7) is 4.89. The average Bonchev–Trinajstić information content (AvgIpc) is 2.68. The third-order valence-electron chi connectivity index (χ3n) is 2.74. The number of benzene rings is 1. The van der Waals surface area contributed by atoms with E-state index in [2.05, 4.69) is 24.5 Å².